The number of aromatic nitrogens is 2. The first-order valence-corrected chi connectivity index (χ1v) is 9.74. The van der Waals surface area contributed by atoms with Crippen molar-refractivity contribution < 1.29 is 23.0 Å². The molecule has 0 N–H and O–H groups in total. The summed E-state index contributed by atoms with van der Waals surface area (Å²) in [6.07, 6.45) is 0. The maximum atomic E-state index is 12.9. The van der Waals surface area contributed by atoms with Gasteiger partial charge in [0.05, 0.1) is 19.3 Å². The number of carbonyl (C=O) groups excluding carboxylic acids is 1. The van der Waals surface area contributed by atoms with E-state index in [4.69, 9.17) is 4.74 Å². The third-order valence-electron chi connectivity index (χ3n) is 4.82. The molecule has 164 valence electrons. The number of carbonyl (C=O) groups is 1. The molecular weight excluding hydrogens is 404 g/mol. The first kappa shape index (κ1) is 22.3. The summed E-state index contributed by atoms with van der Waals surface area (Å²) in [5.41, 5.74) is 4.14. The van der Waals surface area contributed by atoms with Crippen molar-refractivity contribution in [3.8, 4) is 11.5 Å². The van der Waals surface area contributed by atoms with Crippen LogP contribution in [-0.2, 0) is 13.1 Å². The van der Waals surface area contributed by atoms with E-state index in [1.807, 2.05) is 42.8 Å². The third-order valence-corrected chi connectivity index (χ3v) is 4.82. The minimum Gasteiger partial charge on any atom is -0.493 e. The zero-order valence-corrected chi connectivity index (χ0v) is 17.9. The number of nitrogens with zero attached hydrogens (tertiary/aromatic N) is 3. The summed E-state index contributed by atoms with van der Waals surface area (Å²) < 4.78 is 36.8. The van der Waals surface area contributed by atoms with E-state index in [-0.39, 0.29) is 24.0 Å². The molecule has 1 aromatic heterocycles. The van der Waals surface area contributed by atoms with Gasteiger partial charge in [-0.05, 0) is 55.3 Å². The summed E-state index contributed by atoms with van der Waals surface area (Å²) in [6.45, 7) is 1.76. The van der Waals surface area contributed by atoms with Gasteiger partial charge in [-0.1, -0.05) is 18.2 Å². The number of amides is 1. The van der Waals surface area contributed by atoms with Gasteiger partial charge in [-0.3, -0.25) is 9.48 Å². The van der Waals surface area contributed by atoms with E-state index in [0.717, 1.165) is 17.0 Å². The van der Waals surface area contributed by atoms with Crippen molar-refractivity contribution in [3.63, 3.8) is 0 Å². The molecule has 31 heavy (non-hydrogen) atoms. The number of hydrogen-bond donors (Lipinski definition) is 0. The molecule has 8 heteroatoms. The molecular formula is C23H25F2N3O3. The van der Waals surface area contributed by atoms with E-state index < -0.39 is 6.61 Å². The lowest BCUT2D eigenvalue weighted by molar-refractivity contribution is -0.0512. The fraction of sp³-hybridized carbons (Fsp3) is 0.304. The van der Waals surface area contributed by atoms with Crippen LogP contribution >= 0.6 is 0 Å². The van der Waals surface area contributed by atoms with E-state index >= 15 is 0 Å². The maximum Gasteiger partial charge on any atom is 0.387 e. The summed E-state index contributed by atoms with van der Waals surface area (Å²) in [7, 11) is 3.04. The second-order valence-electron chi connectivity index (χ2n) is 7.31. The zero-order chi connectivity index (χ0) is 22.5. The lowest BCUT2D eigenvalue weighted by Gasteiger charge is -2.19. The highest BCUT2D eigenvalue weighted by atomic mass is 19.3. The van der Waals surface area contributed by atoms with Crippen molar-refractivity contribution in [1.82, 2.24) is 14.7 Å². The van der Waals surface area contributed by atoms with Crippen molar-refractivity contribution in [2.45, 2.75) is 33.5 Å². The molecule has 0 fully saturated rings. The van der Waals surface area contributed by atoms with Crippen molar-refractivity contribution >= 4 is 5.91 Å². The molecule has 0 radical (unpaired) electrons. The minimum atomic E-state index is -2.96. The molecule has 1 heterocycles. The van der Waals surface area contributed by atoms with Gasteiger partial charge in [0, 0.05) is 24.8 Å². The monoisotopic (exact) mass is 429 g/mol. The number of aryl methyl sites for hydroxylation is 2. The largest absolute Gasteiger partial charge is 0.493 e. The van der Waals surface area contributed by atoms with Gasteiger partial charge in [0.25, 0.3) is 5.91 Å². The van der Waals surface area contributed by atoms with Crippen LogP contribution in [0.25, 0.3) is 0 Å². The minimum absolute atomic E-state index is 0.0669. The highest BCUT2D eigenvalue weighted by Crippen LogP contribution is 2.30. The predicted molar refractivity (Wildman–Crippen MR) is 113 cm³/mol. The summed E-state index contributed by atoms with van der Waals surface area (Å²) in [4.78, 5) is 14.5. The molecule has 0 saturated carbocycles. The molecule has 0 unspecified atom stereocenters. The first-order valence-electron chi connectivity index (χ1n) is 9.74. The van der Waals surface area contributed by atoms with Gasteiger partial charge in [0.1, 0.15) is 0 Å². The van der Waals surface area contributed by atoms with E-state index in [2.05, 4.69) is 9.84 Å². The van der Waals surface area contributed by atoms with Gasteiger partial charge < -0.3 is 14.4 Å². The average molecular weight is 429 g/mol. The van der Waals surface area contributed by atoms with Crippen LogP contribution in [0, 0.1) is 13.8 Å². The highest BCUT2D eigenvalue weighted by molar-refractivity contribution is 5.94. The average Bonchev–Trinajstić information content (AvgIpc) is 3.04. The van der Waals surface area contributed by atoms with E-state index in [9.17, 15) is 13.6 Å². The van der Waals surface area contributed by atoms with Gasteiger partial charge in [-0.15, -0.1) is 0 Å². The molecule has 0 saturated heterocycles. The normalized spacial score (nSPS) is 10.9. The molecule has 2 aromatic carbocycles. The van der Waals surface area contributed by atoms with Crippen molar-refractivity contribution in [3.05, 3.63) is 76.6 Å². The van der Waals surface area contributed by atoms with Crippen LogP contribution in [-0.4, -0.2) is 41.4 Å². The quantitative estimate of drug-likeness (QED) is 0.532. The Labute approximate surface area is 180 Å². The Morgan fingerprint density at radius 3 is 2.52 bits per heavy atom. The number of alkyl halides is 2. The second kappa shape index (κ2) is 9.59. The molecule has 0 atom stereocenters. The van der Waals surface area contributed by atoms with Crippen LogP contribution in [0.5, 0.6) is 11.5 Å². The van der Waals surface area contributed by atoms with Crippen LogP contribution in [0.3, 0.4) is 0 Å². The summed E-state index contributed by atoms with van der Waals surface area (Å²) in [6, 6.07) is 14.1. The molecule has 0 spiro atoms. The molecule has 0 aliphatic rings. The fourth-order valence-electron chi connectivity index (χ4n) is 3.38. The Morgan fingerprint density at radius 2 is 1.87 bits per heavy atom. The van der Waals surface area contributed by atoms with Crippen LogP contribution in [0.15, 0.2) is 48.5 Å². The van der Waals surface area contributed by atoms with E-state index in [0.29, 0.717) is 17.7 Å². The van der Waals surface area contributed by atoms with Gasteiger partial charge in [-0.25, -0.2) is 0 Å². The van der Waals surface area contributed by atoms with Crippen LogP contribution in [0.4, 0.5) is 8.78 Å². The van der Waals surface area contributed by atoms with E-state index in [1.54, 1.807) is 25.2 Å². The smallest absolute Gasteiger partial charge is 0.387 e. The highest BCUT2D eigenvalue weighted by Gasteiger charge is 2.16. The molecule has 0 bridgehead atoms. The fourth-order valence-corrected chi connectivity index (χ4v) is 3.38. The Bertz CT molecular complexity index is 1070. The SMILES string of the molecule is COc1ccc(CN(C)C(=O)c2cccc(Cn3nc(C)cc3C)c2)cc1OC(F)F. The lowest BCUT2D eigenvalue weighted by Crippen LogP contribution is -2.26. The van der Waals surface area contributed by atoms with Crippen LogP contribution in [0.1, 0.15) is 32.9 Å². The van der Waals surface area contributed by atoms with Gasteiger partial charge in [0.2, 0.25) is 0 Å². The molecule has 0 aliphatic heterocycles. The number of halogens is 2. The van der Waals surface area contributed by atoms with Crippen molar-refractivity contribution in [1.29, 1.82) is 0 Å². The van der Waals surface area contributed by atoms with Gasteiger partial charge >= 0.3 is 6.61 Å². The Hall–Kier alpha value is -3.42. The van der Waals surface area contributed by atoms with Crippen molar-refractivity contribution in [2.75, 3.05) is 14.2 Å². The van der Waals surface area contributed by atoms with Crippen LogP contribution < -0.4 is 9.47 Å². The standard InChI is InChI=1S/C23H25F2N3O3/c1-15-10-16(2)28(26-15)14-17-6-5-7-19(11-17)22(29)27(3)13-18-8-9-20(30-4)21(12-18)31-23(24)25/h5-12,23H,13-14H2,1-4H3. The number of benzene rings is 2. The number of ether oxygens (including phenoxy) is 2. The van der Waals surface area contributed by atoms with Gasteiger partial charge in [0.15, 0.2) is 11.5 Å². The number of rotatable bonds is 8. The summed E-state index contributed by atoms with van der Waals surface area (Å²) in [5.74, 6) is -0.0417. The molecule has 0 aliphatic carbocycles. The predicted octanol–water partition coefficient (Wildman–Crippen LogP) is 4.43. The topological polar surface area (TPSA) is 56.6 Å². The molecule has 1 amide bonds. The second-order valence-corrected chi connectivity index (χ2v) is 7.31. The summed E-state index contributed by atoms with van der Waals surface area (Å²) >= 11 is 0. The number of methoxy groups -OCH3 is 1. The van der Waals surface area contributed by atoms with E-state index in [1.165, 1.54) is 18.1 Å². The lowest BCUT2D eigenvalue weighted by atomic mass is 10.1. The Balaban J connectivity index is 1.73. The van der Waals surface area contributed by atoms with Crippen LogP contribution in [0.2, 0.25) is 0 Å². The third kappa shape index (κ3) is 5.59. The summed E-state index contributed by atoms with van der Waals surface area (Å²) in [5, 5.41) is 4.46. The Kier molecular flexibility index (Phi) is 6.89. The number of hydrogen-bond acceptors (Lipinski definition) is 4. The van der Waals surface area contributed by atoms with Gasteiger partial charge in [-0.2, -0.15) is 13.9 Å². The first-order chi connectivity index (χ1) is 14.8. The molecule has 3 rings (SSSR count). The zero-order valence-electron chi connectivity index (χ0n) is 17.9. The Morgan fingerprint density at radius 1 is 1.10 bits per heavy atom. The van der Waals surface area contributed by atoms with Crippen molar-refractivity contribution in [2.24, 2.45) is 0 Å². The maximum absolute atomic E-state index is 12.9. The molecule has 6 nitrogen and oxygen atoms in total. The molecule has 3 aromatic rings.